The fraction of sp³-hybridized carbons (Fsp3) is 0.364. The fourth-order valence-electron chi connectivity index (χ4n) is 1.15. The van der Waals surface area contributed by atoms with Crippen LogP contribution in [0, 0.1) is 11.3 Å². The summed E-state index contributed by atoms with van der Waals surface area (Å²) in [7, 11) is 1.58. The molecule has 3 heteroatoms. The van der Waals surface area contributed by atoms with Crippen LogP contribution in [0.5, 0.6) is 5.75 Å². The van der Waals surface area contributed by atoms with Gasteiger partial charge in [-0.05, 0) is 23.4 Å². The van der Waals surface area contributed by atoms with Crippen molar-refractivity contribution in [2.45, 2.75) is 12.7 Å². The summed E-state index contributed by atoms with van der Waals surface area (Å²) >= 11 is 1.84. The zero-order valence-corrected chi connectivity index (χ0v) is 9.23. The van der Waals surface area contributed by atoms with Crippen molar-refractivity contribution in [2.75, 3.05) is 12.9 Å². The van der Waals surface area contributed by atoms with Crippen molar-refractivity contribution in [3.05, 3.63) is 29.3 Å². The lowest BCUT2D eigenvalue weighted by atomic mass is 10.1. The van der Waals surface area contributed by atoms with E-state index in [4.69, 9.17) is 10.00 Å². The quantitative estimate of drug-likeness (QED) is 0.761. The Balaban J connectivity index is 2.86. The van der Waals surface area contributed by atoms with Gasteiger partial charge in [0.1, 0.15) is 11.8 Å². The van der Waals surface area contributed by atoms with Crippen LogP contribution in [-0.2, 0) is 5.75 Å². The van der Waals surface area contributed by atoms with E-state index in [1.807, 2.05) is 30.0 Å². The van der Waals surface area contributed by atoms with E-state index >= 15 is 0 Å². The number of hydrogen-bond acceptors (Lipinski definition) is 3. The predicted octanol–water partition coefficient (Wildman–Crippen LogP) is 2.82. The Hall–Kier alpha value is -1.14. The molecule has 0 saturated carbocycles. The van der Waals surface area contributed by atoms with Gasteiger partial charge in [-0.2, -0.15) is 17.0 Å². The highest BCUT2D eigenvalue weighted by Gasteiger charge is 2.02. The highest BCUT2D eigenvalue weighted by atomic mass is 32.2. The van der Waals surface area contributed by atoms with Gasteiger partial charge in [0.05, 0.1) is 12.7 Å². The smallest absolute Gasteiger partial charge is 0.136 e. The SMILES string of the molecule is CCSCc1ccc(OC)c(C#N)c1. The molecular formula is C11H13NOS. The maximum Gasteiger partial charge on any atom is 0.136 e. The molecule has 0 spiro atoms. The minimum absolute atomic E-state index is 0.613. The number of nitriles is 1. The molecule has 0 aliphatic heterocycles. The van der Waals surface area contributed by atoms with Crippen LogP contribution in [0.4, 0.5) is 0 Å². The zero-order valence-electron chi connectivity index (χ0n) is 8.41. The molecule has 0 saturated heterocycles. The van der Waals surface area contributed by atoms with Gasteiger partial charge in [0.2, 0.25) is 0 Å². The highest BCUT2D eigenvalue weighted by molar-refractivity contribution is 7.98. The Morgan fingerprint density at radius 3 is 2.86 bits per heavy atom. The molecule has 14 heavy (non-hydrogen) atoms. The van der Waals surface area contributed by atoms with Crippen LogP contribution >= 0.6 is 11.8 Å². The molecule has 0 atom stereocenters. The van der Waals surface area contributed by atoms with E-state index in [9.17, 15) is 0 Å². The van der Waals surface area contributed by atoms with Gasteiger partial charge in [-0.1, -0.05) is 13.0 Å². The maximum absolute atomic E-state index is 8.86. The lowest BCUT2D eigenvalue weighted by Crippen LogP contribution is -1.90. The Kier molecular flexibility index (Phi) is 4.34. The Morgan fingerprint density at radius 2 is 2.29 bits per heavy atom. The molecule has 0 aliphatic rings. The highest BCUT2D eigenvalue weighted by Crippen LogP contribution is 2.21. The van der Waals surface area contributed by atoms with Crippen molar-refractivity contribution >= 4 is 11.8 Å². The second-order valence-corrected chi connectivity index (χ2v) is 4.06. The van der Waals surface area contributed by atoms with Crippen molar-refractivity contribution < 1.29 is 4.74 Å². The van der Waals surface area contributed by atoms with Crippen LogP contribution in [-0.4, -0.2) is 12.9 Å². The summed E-state index contributed by atoms with van der Waals surface area (Å²) in [5, 5.41) is 8.86. The minimum atomic E-state index is 0.613. The molecule has 0 heterocycles. The van der Waals surface area contributed by atoms with Gasteiger partial charge in [-0.25, -0.2) is 0 Å². The van der Waals surface area contributed by atoms with Gasteiger partial charge in [0.25, 0.3) is 0 Å². The van der Waals surface area contributed by atoms with E-state index in [-0.39, 0.29) is 0 Å². The van der Waals surface area contributed by atoms with Gasteiger partial charge in [0.15, 0.2) is 0 Å². The van der Waals surface area contributed by atoms with Gasteiger partial charge < -0.3 is 4.74 Å². The number of ether oxygens (including phenoxy) is 1. The molecule has 1 rings (SSSR count). The molecule has 0 amide bonds. The summed E-state index contributed by atoms with van der Waals surface area (Å²) in [6.07, 6.45) is 0. The second kappa shape index (κ2) is 5.56. The number of nitrogens with zero attached hydrogens (tertiary/aromatic N) is 1. The fourth-order valence-corrected chi connectivity index (χ4v) is 1.77. The van der Waals surface area contributed by atoms with Crippen molar-refractivity contribution in [2.24, 2.45) is 0 Å². The lowest BCUT2D eigenvalue weighted by molar-refractivity contribution is 0.413. The molecule has 0 N–H and O–H groups in total. The molecule has 0 bridgehead atoms. The molecule has 1 aromatic carbocycles. The molecule has 0 aliphatic carbocycles. The van der Waals surface area contributed by atoms with Crippen LogP contribution in [0.15, 0.2) is 18.2 Å². The van der Waals surface area contributed by atoms with Crippen LogP contribution in [0.1, 0.15) is 18.1 Å². The average Bonchev–Trinajstić information content (AvgIpc) is 2.25. The van der Waals surface area contributed by atoms with Gasteiger partial charge >= 0.3 is 0 Å². The van der Waals surface area contributed by atoms with Gasteiger partial charge in [-0.3, -0.25) is 0 Å². The number of thioether (sulfide) groups is 1. The van der Waals surface area contributed by atoms with Crippen molar-refractivity contribution in [1.82, 2.24) is 0 Å². The van der Waals surface area contributed by atoms with Crippen LogP contribution in [0.25, 0.3) is 0 Å². The Labute approximate surface area is 88.9 Å². The molecule has 0 fully saturated rings. The van der Waals surface area contributed by atoms with Crippen LogP contribution < -0.4 is 4.74 Å². The first kappa shape index (κ1) is 10.9. The summed E-state index contributed by atoms with van der Waals surface area (Å²) in [4.78, 5) is 0. The van der Waals surface area contributed by atoms with Crippen molar-refractivity contribution in [3.63, 3.8) is 0 Å². The third-order valence-corrected chi connectivity index (χ3v) is 2.80. The summed E-state index contributed by atoms with van der Waals surface area (Å²) in [5.41, 5.74) is 1.79. The topological polar surface area (TPSA) is 33.0 Å². The maximum atomic E-state index is 8.86. The van der Waals surface area contributed by atoms with Crippen molar-refractivity contribution in [1.29, 1.82) is 5.26 Å². The molecule has 0 radical (unpaired) electrons. The lowest BCUT2D eigenvalue weighted by Gasteiger charge is -2.04. The minimum Gasteiger partial charge on any atom is -0.495 e. The van der Waals surface area contributed by atoms with E-state index in [1.165, 1.54) is 5.56 Å². The van der Waals surface area contributed by atoms with Crippen LogP contribution in [0.2, 0.25) is 0 Å². The van der Waals surface area contributed by atoms with Gasteiger partial charge in [0, 0.05) is 5.75 Å². The normalized spacial score (nSPS) is 9.50. The molecule has 74 valence electrons. The van der Waals surface area contributed by atoms with Gasteiger partial charge in [-0.15, -0.1) is 0 Å². The first-order valence-electron chi connectivity index (χ1n) is 4.46. The summed E-state index contributed by atoms with van der Waals surface area (Å²) < 4.78 is 5.07. The molecule has 1 aromatic rings. The molecule has 0 unspecified atom stereocenters. The van der Waals surface area contributed by atoms with E-state index < -0.39 is 0 Å². The first-order valence-corrected chi connectivity index (χ1v) is 5.62. The molecule has 0 aromatic heterocycles. The van der Waals surface area contributed by atoms with E-state index in [1.54, 1.807) is 7.11 Å². The second-order valence-electron chi connectivity index (χ2n) is 2.78. The third-order valence-electron chi connectivity index (χ3n) is 1.86. The number of rotatable bonds is 4. The first-order chi connectivity index (χ1) is 6.81. The molecular weight excluding hydrogens is 194 g/mol. The summed E-state index contributed by atoms with van der Waals surface area (Å²) in [6.45, 7) is 2.12. The van der Waals surface area contributed by atoms with E-state index in [0.29, 0.717) is 11.3 Å². The van der Waals surface area contributed by atoms with E-state index in [2.05, 4.69) is 13.0 Å². The summed E-state index contributed by atoms with van der Waals surface area (Å²) in [6, 6.07) is 7.87. The monoisotopic (exact) mass is 207 g/mol. The standard InChI is InChI=1S/C11H13NOS/c1-3-14-8-9-4-5-11(13-2)10(6-9)7-12/h4-6H,3,8H2,1-2H3. The number of hydrogen-bond donors (Lipinski definition) is 0. The Bertz CT molecular complexity index is 344. The average molecular weight is 207 g/mol. The van der Waals surface area contributed by atoms with E-state index in [0.717, 1.165) is 11.5 Å². The predicted molar refractivity (Wildman–Crippen MR) is 59.5 cm³/mol. The Morgan fingerprint density at radius 1 is 1.50 bits per heavy atom. The molecule has 2 nitrogen and oxygen atoms in total. The summed E-state index contributed by atoms with van der Waals surface area (Å²) in [5.74, 6) is 2.70. The third kappa shape index (κ3) is 2.68. The zero-order chi connectivity index (χ0) is 10.4. The van der Waals surface area contributed by atoms with Crippen molar-refractivity contribution in [3.8, 4) is 11.8 Å². The number of benzene rings is 1. The largest absolute Gasteiger partial charge is 0.495 e. The van der Waals surface area contributed by atoms with Crippen LogP contribution in [0.3, 0.4) is 0 Å². The number of methoxy groups -OCH3 is 1.